The topological polar surface area (TPSA) is 156 Å². The number of amides is 5. The van der Waals surface area contributed by atoms with Crippen molar-refractivity contribution in [1.82, 2.24) is 10.6 Å². The molecular weight excluding hydrogens is 602 g/mol. The monoisotopic (exact) mass is 655 g/mol. The maximum Gasteiger partial charge on any atom is 0.312 e. The number of hydrogen-bond donors (Lipinski definition) is 5. The van der Waals surface area contributed by atoms with E-state index >= 15 is 0 Å². The van der Waals surface area contributed by atoms with E-state index in [9.17, 15) is 19.2 Å². The van der Waals surface area contributed by atoms with Gasteiger partial charge < -0.3 is 22.1 Å². The highest BCUT2D eigenvalue weighted by atomic mass is 16.2. The van der Waals surface area contributed by atoms with E-state index in [4.69, 9.17) is 11.5 Å². The summed E-state index contributed by atoms with van der Waals surface area (Å²) >= 11 is 0. The van der Waals surface area contributed by atoms with Gasteiger partial charge >= 0.3 is 6.03 Å². The smallest absolute Gasteiger partial charge is 0.312 e. The van der Waals surface area contributed by atoms with Crippen molar-refractivity contribution in [2.75, 3.05) is 17.6 Å². The average Bonchev–Trinajstić information content (AvgIpc) is 3.04. The van der Waals surface area contributed by atoms with Crippen molar-refractivity contribution in [1.29, 1.82) is 0 Å². The van der Waals surface area contributed by atoms with Crippen molar-refractivity contribution >= 4 is 35.1 Å². The predicted molar refractivity (Wildman–Crippen MR) is 188 cm³/mol. The number of carbonyl (C=O) groups is 4. The first-order valence-corrected chi connectivity index (χ1v) is 18.1. The molecule has 0 aliphatic heterocycles. The van der Waals surface area contributed by atoms with Crippen LogP contribution < -0.4 is 27.4 Å². The van der Waals surface area contributed by atoms with Crippen LogP contribution in [-0.4, -0.2) is 30.3 Å². The Morgan fingerprint density at radius 2 is 1.56 bits per heavy atom. The molecule has 4 aliphatic carbocycles. The van der Waals surface area contributed by atoms with Crippen molar-refractivity contribution in [3.05, 3.63) is 58.7 Å². The van der Waals surface area contributed by atoms with Crippen molar-refractivity contribution in [2.45, 2.75) is 116 Å². The highest BCUT2D eigenvalue weighted by Gasteiger charge is 2.56. The summed E-state index contributed by atoms with van der Waals surface area (Å²) in [5.74, 6) is 0.217. The van der Waals surface area contributed by atoms with Gasteiger partial charge in [-0.1, -0.05) is 45.7 Å². The molecule has 48 heavy (non-hydrogen) atoms. The highest BCUT2D eigenvalue weighted by molar-refractivity contribution is 6.01. The van der Waals surface area contributed by atoms with Gasteiger partial charge in [-0.2, -0.15) is 0 Å². The third-order valence-electron chi connectivity index (χ3n) is 12.8. The van der Waals surface area contributed by atoms with Gasteiger partial charge in [0.25, 0.3) is 0 Å². The lowest BCUT2D eigenvalue weighted by molar-refractivity contribution is -0.149. The maximum atomic E-state index is 14.4. The Morgan fingerprint density at radius 3 is 2.35 bits per heavy atom. The molecule has 0 heterocycles. The molecule has 6 rings (SSSR count). The molecule has 2 fully saturated rings. The molecule has 258 valence electrons. The Morgan fingerprint density at radius 1 is 0.833 bits per heavy atom. The first-order chi connectivity index (χ1) is 22.8. The van der Waals surface area contributed by atoms with E-state index in [0.29, 0.717) is 25.8 Å². The van der Waals surface area contributed by atoms with E-state index in [1.54, 1.807) is 0 Å². The third kappa shape index (κ3) is 6.21. The van der Waals surface area contributed by atoms with Crippen LogP contribution in [0.1, 0.15) is 120 Å². The number of urea groups is 1. The average molecular weight is 656 g/mol. The van der Waals surface area contributed by atoms with Gasteiger partial charge in [0.2, 0.25) is 17.7 Å². The van der Waals surface area contributed by atoms with E-state index in [1.807, 2.05) is 12.1 Å². The quantitative estimate of drug-likeness (QED) is 0.129. The molecule has 5 amide bonds. The number of nitrogens with one attached hydrogen (secondary N) is 3. The summed E-state index contributed by atoms with van der Waals surface area (Å²) < 4.78 is 0. The van der Waals surface area contributed by atoms with Gasteiger partial charge in [-0.05, 0) is 134 Å². The molecule has 0 radical (unpaired) electrons. The fraction of sp³-hybridized carbons (Fsp3) is 0.590. The van der Waals surface area contributed by atoms with Crippen LogP contribution in [0.5, 0.6) is 0 Å². The van der Waals surface area contributed by atoms with Crippen LogP contribution >= 0.6 is 0 Å². The molecule has 0 spiro atoms. The molecule has 6 atom stereocenters. The number of unbranched alkanes of at least 4 members (excludes halogenated alkanes) is 1. The van der Waals surface area contributed by atoms with Crippen LogP contribution in [0.3, 0.4) is 0 Å². The molecule has 0 aromatic heterocycles. The number of hydrogen-bond acceptors (Lipinski definition) is 5. The maximum absolute atomic E-state index is 14.4. The second-order valence-electron chi connectivity index (χ2n) is 15.8. The van der Waals surface area contributed by atoms with Gasteiger partial charge in [0, 0.05) is 24.3 Å². The Bertz CT molecular complexity index is 1610. The molecule has 5 unspecified atom stereocenters. The number of fused-ring (bicyclic) bond motifs is 6. The standard InChI is InChI=1S/C39H53N5O4/c1-37-19-7-20-39(3,32(37)17-13-25-11-15-27(23-31(25)37)43-33(45)9-4-5-21-42-36(41)48)35(47)44-34(46)38(2)18-6-8-28-29-22-26(40)14-10-24(29)12-16-30(28)38/h10-11,14-15,22-23,28,30,32H,4-9,12-13,16-21,40H2,1-3H3,(H,43,45)(H3,41,42,48)(H,44,46,47)/t28?,30?,32?,37?,38?,39-/m0/s1. The minimum absolute atomic E-state index is 0.0683. The normalized spacial score (nSPS) is 30.4. The molecule has 0 saturated heterocycles. The van der Waals surface area contributed by atoms with Crippen molar-refractivity contribution in [2.24, 2.45) is 28.4 Å². The van der Waals surface area contributed by atoms with Crippen LogP contribution in [0, 0.1) is 22.7 Å². The zero-order chi connectivity index (χ0) is 34.3. The number of rotatable bonds is 8. The van der Waals surface area contributed by atoms with Crippen LogP contribution in [0.4, 0.5) is 16.2 Å². The van der Waals surface area contributed by atoms with Crippen molar-refractivity contribution in [3.8, 4) is 0 Å². The van der Waals surface area contributed by atoms with E-state index in [2.05, 4.69) is 61.0 Å². The molecule has 7 N–H and O–H groups in total. The summed E-state index contributed by atoms with van der Waals surface area (Å²) in [6.07, 6.45) is 10.7. The summed E-state index contributed by atoms with van der Waals surface area (Å²) in [5.41, 5.74) is 16.4. The number of aryl methyl sites for hydroxylation is 2. The fourth-order valence-electron chi connectivity index (χ4n) is 10.2. The number of imide groups is 1. The first kappa shape index (κ1) is 34.0. The molecular formula is C39H53N5O4. The lowest BCUT2D eigenvalue weighted by Crippen LogP contribution is -2.58. The van der Waals surface area contributed by atoms with Crippen molar-refractivity contribution < 1.29 is 19.2 Å². The van der Waals surface area contributed by atoms with E-state index in [1.165, 1.54) is 22.3 Å². The summed E-state index contributed by atoms with van der Waals surface area (Å²) in [7, 11) is 0. The molecule has 2 aromatic rings. The zero-order valence-corrected chi connectivity index (χ0v) is 28.9. The molecule has 0 bridgehead atoms. The summed E-state index contributed by atoms with van der Waals surface area (Å²) in [4.78, 5) is 52.2. The first-order valence-electron chi connectivity index (χ1n) is 18.1. The highest BCUT2D eigenvalue weighted by Crippen LogP contribution is 2.58. The molecule has 9 heteroatoms. The zero-order valence-electron chi connectivity index (χ0n) is 28.9. The van der Waals surface area contributed by atoms with Gasteiger partial charge in [-0.25, -0.2) is 4.79 Å². The second-order valence-corrected chi connectivity index (χ2v) is 15.8. The summed E-state index contributed by atoms with van der Waals surface area (Å²) in [6, 6.07) is 11.9. The number of carbonyl (C=O) groups excluding carboxylic acids is 4. The van der Waals surface area contributed by atoms with Gasteiger partial charge in [-0.3, -0.25) is 19.7 Å². The molecule has 9 nitrogen and oxygen atoms in total. The number of benzene rings is 2. The predicted octanol–water partition coefficient (Wildman–Crippen LogP) is 6.24. The largest absolute Gasteiger partial charge is 0.399 e. The van der Waals surface area contributed by atoms with Crippen LogP contribution in [0.2, 0.25) is 0 Å². The Kier molecular flexibility index (Phi) is 9.35. The van der Waals surface area contributed by atoms with Gasteiger partial charge in [-0.15, -0.1) is 0 Å². The lowest BCUT2D eigenvalue weighted by atomic mass is 9.49. The SMILES string of the molecule is CC1(C(=O)NC(=O)[C@@]2(C)CCCC3(C)c4cc(NC(=O)CCCCNC(N)=O)ccc4CCC32)CCCC2c3cc(N)ccc3CCC21. The fourth-order valence-corrected chi connectivity index (χ4v) is 10.2. The number of anilines is 2. The molecule has 2 aromatic carbocycles. The minimum Gasteiger partial charge on any atom is -0.399 e. The van der Waals surface area contributed by atoms with E-state index in [-0.39, 0.29) is 40.9 Å². The lowest BCUT2D eigenvalue weighted by Gasteiger charge is -2.55. The summed E-state index contributed by atoms with van der Waals surface area (Å²) in [5, 5.41) is 8.64. The Labute approximate surface area is 284 Å². The minimum atomic E-state index is -0.684. The second kappa shape index (κ2) is 13.2. The van der Waals surface area contributed by atoms with Crippen molar-refractivity contribution in [3.63, 3.8) is 0 Å². The Balaban J connectivity index is 1.16. The number of primary amides is 1. The summed E-state index contributed by atoms with van der Waals surface area (Å²) in [6.45, 7) is 6.88. The number of nitrogen functional groups attached to an aromatic ring is 1. The van der Waals surface area contributed by atoms with Crippen LogP contribution in [-0.2, 0) is 32.6 Å². The van der Waals surface area contributed by atoms with Gasteiger partial charge in [0.15, 0.2) is 0 Å². The number of nitrogens with two attached hydrogens (primary N) is 2. The Hall–Kier alpha value is -3.88. The van der Waals surface area contributed by atoms with E-state index < -0.39 is 16.9 Å². The van der Waals surface area contributed by atoms with E-state index in [0.717, 1.165) is 75.6 Å². The molecule has 4 aliphatic rings. The van der Waals surface area contributed by atoms with Gasteiger partial charge in [0.1, 0.15) is 0 Å². The van der Waals surface area contributed by atoms with Gasteiger partial charge in [0.05, 0.1) is 10.8 Å². The van der Waals surface area contributed by atoms with Crippen LogP contribution in [0.25, 0.3) is 0 Å². The van der Waals surface area contributed by atoms with Crippen LogP contribution in [0.15, 0.2) is 36.4 Å². The molecule has 2 saturated carbocycles. The third-order valence-corrected chi connectivity index (χ3v) is 12.8.